The third kappa shape index (κ3) is 9.16. The van der Waals surface area contributed by atoms with E-state index in [4.69, 9.17) is 9.47 Å². The van der Waals surface area contributed by atoms with Gasteiger partial charge in [0.05, 0.1) is 12.2 Å². The molecule has 0 aromatic heterocycles. The predicted molar refractivity (Wildman–Crippen MR) is 141 cm³/mol. The molecule has 34 heavy (non-hydrogen) atoms. The SMILES string of the molecule is CCCCCCCOc1ccc(C(=O)Oc2ccc(CCC3CCC(CCC)CC3)cc2)cc1. The minimum atomic E-state index is -0.331. The molecule has 1 saturated carbocycles. The molecule has 2 aromatic rings. The molecule has 3 nitrogen and oxygen atoms in total. The van der Waals surface area contributed by atoms with Gasteiger partial charge in [-0.3, -0.25) is 0 Å². The van der Waals surface area contributed by atoms with Crippen LogP contribution in [0.15, 0.2) is 48.5 Å². The molecule has 0 amide bonds. The molecule has 0 saturated heterocycles. The molecule has 0 bridgehead atoms. The maximum atomic E-state index is 12.5. The van der Waals surface area contributed by atoms with Crippen LogP contribution in [0.3, 0.4) is 0 Å². The Labute approximate surface area is 207 Å². The summed E-state index contributed by atoms with van der Waals surface area (Å²) < 4.78 is 11.4. The summed E-state index contributed by atoms with van der Waals surface area (Å²) in [7, 11) is 0. The van der Waals surface area contributed by atoms with Gasteiger partial charge in [-0.2, -0.15) is 0 Å². The van der Waals surface area contributed by atoms with Crippen LogP contribution in [0.4, 0.5) is 0 Å². The van der Waals surface area contributed by atoms with Crippen molar-refractivity contribution in [3.63, 3.8) is 0 Å². The lowest BCUT2D eigenvalue weighted by Crippen LogP contribution is -2.15. The number of ether oxygens (including phenoxy) is 2. The quantitative estimate of drug-likeness (QED) is 0.159. The molecule has 0 N–H and O–H groups in total. The average molecular weight is 465 g/mol. The molecule has 1 fully saturated rings. The maximum Gasteiger partial charge on any atom is 0.343 e. The first-order valence-corrected chi connectivity index (χ1v) is 13.7. The number of benzene rings is 2. The van der Waals surface area contributed by atoms with Crippen molar-refractivity contribution < 1.29 is 14.3 Å². The van der Waals surface area contributed by atoms with E-state index in [9.17, 15) is 4.79 Å². The molecule has 0 atom stereocenters. The minimum Gasteiger partial charge on any atom is -0.494 e. The number of hydrogen-bond acceptors (Lipinski definition) is 3. The summed E-state index contributed by atoms with van der Waals surface area (Å²) in [5.41, 5.74) is 1.87. The Kier molecular flexibility index (Phi) is 11.5. The number of carbonyl (C=O) groups is 1. The van der Waals surface area contributed by atoms with E-state index in [1.807, 2.05) is 24.3 Å². The third-order valence-corrected chi connectivity index (χ3v) is 7.25. The summed E-state index contributed by atoms with van der Waals surface area (Å²) in [5.74, 6) is 2.91. The van der Waals surface area contributed by atoms with Gasteiger partial charge in [0.15, 0.2) is 0 Å². The lowest BCUT2D eigenvalue weighted by molar-refractivity contribution is 0.0734. The van der Waals surface area contributed by atoms with Crippen molar-refractivity contribution in [1.29, 1.82) is 0 Å². The molecule has 0 unspecified atom stereocenters. The van der Waals surface area contributed by atoms with E-state index in [0.717, 1.165) is 37.0 Å². The zero-order chi connectivity index (χ0) is 24.0. The van der Waals surface area contributed by atoms with Crippen LogP contribution in [0, 0.1) is 11.8 Å². The summed E-state index contributed by atoms with van der Waals surface area (Å²) in [5, 5.41) is 0. The van der Waals surface area contributed by atoms with Crippen LogP contribution < -0.4 is 9.47 Å². The van der Waals surface area contributed by atoms with Crippen LogP contribution >= 0.6 is 0 Å². The normalized spacial score (nSPS) is 17.9. The Morgan fingerprint density at radius 1 is 0.735 bits per heavy atom. The Morgan fingerprint density at radius 2 is 1.35 bits per heavy atom. The smallest absolute Gasteiger partial charge is 0.343 e. The van der Waals surface area contributed by atoms with Gasteiger partial charge < -0.3 is 9.47 Å². The van der Waals surface area contributed by atoms with Crippen molar-refractivity contribution in [2.45, 2.75) is 97.3 Å². The molecule has 1 aliphatic carbocycles. The zero-order valence-electron chi connectivity index (χ0n) is 21.4. The van der Waals surface area contributed by atoms with Crippen molar-refractivity contribution in [2.75, 3.05) is 6.61 Å². The number of esters is 1. The molecule has 0 spiro atoms. The number of rotatable bonds is 14. The lowest BCUT2D eigenvalue weighted by Gasteiger charge is -2.28. The van der Waals surface area contributed by atoms with Crippen LogP contribution in [0.1, 0.15) is 107 Å². The largest absolute Gasteiger partial charge is 0.494 e. The topological polar surface area (TPSA) is 35.5 Å². The fraction of sp³-hybridized carbons (Fsp3) is 0.581. The summed E-state index contributed by atoms with van der Waals surface area (Å²) in [6.07, 6.45) is 16.8. The molecule has 2 aromatic carbocycles. The van der Waals surface area contributed by atoms with Crippen molar-refractivity contribution in [2.24, 2.45) is 11.8 Å². The molecule has 0 radical (unpaired) electrons. The van der Waals surface area contributed by atoms with Gasteiger partial charge in [0.2, 0.25) is 0 Å². The fourth-order valence-corrected chi connectivity index (χ4v) is 5.06. The Bertz CT molecular complexity index is 817. The molecule has 0 heterocycles. The van der Waals surface area contributed by atoms with Gasteiger partial charge in [0, 0.05) is 0 Å². The van der Waals surface area contributed by atoms with E-state index in [1.54, 1.807) is 12.1 Å². The van der Waals surface area contributed by atoms with Crippen molar-refractivity contribution in [3.05, 3.63) is 59.7 Å². The number of hydrogen-bond donors (Lipinski definition) is 0. The summed E-state index contributed by atoms with van der Waals surface area (Å²) >= 11 is 0. The van der Waals surface area contributed by atoms with E-state index in [0.29, 0.717) is 11.3 Å². The first kappa shape index (κ1) is 26.3. The first-order valence-electron chi connectivity index (χ1n) is 13.7. The Morgan fingerprint density at radius 3 is 2.00 bits per heavy atom. The minimum absolute atomic E-state index is 0.331. The highest BCUT2D eigenvalue weighted by atomic mass is 16.5. The van der Waals surface area contributed by atoms with Crippen molar-refractivity contribution in [1.82, 2.24) is 0 Å². The number of carbonyl (C=O) groups excluding carboxylic acids is 1. The molecule has 0 aliphatic heterocycles. The standard InChI is InChI=1S/C31H44O3/c1-3-5-6-7-8-24-33-29-22-18-28(19-23-29)31(32)34-30-20-16-27(17-21-30)15-14-26-12-10-25(9-4-2)11-13-26/h16-23,25-26H,3-15,24H2,1-2H3. The van der Waals surface area contributed by atoms with Gasteiger partial charge in [-0.05, 0) is 73.1 Å². The monoisotopic (exact) mass is 464 g/mol. The number of aryl methyl sites for hydroxylation is 1. The van der Waals surface area contributed by atoms with Gasteiger partial charge in [-0.15, -0.1) is 0 Å². The molecule has 1 aliphatic rings. The molecular weight excluding hydrogens is 420 g/mol. The van der Waals surface area contributed by atoms with Crippen LogP contribution in [-0.2, 0) is 6.42 Å². The van der Waals surface area contributed by atoms with Gasteiger partial charge in [0.25, 0.3) is 0 Å². The second-order valence-electron chi connectivity index (χ2n) is 10.0. The van der Waals surface area contributed by atoms with E-state index in [2.05, 4.69) is 26.0 Å². The van der Waals surface area contributed by atoms with Crippen LogP contribution in [0.25, 0.3) is 0 Å². The highest BCUT2D eigenvalue weighted by Crippen LogP contribution is 2.34. The molecular formula is C31H44O3. The zero-order valence-corrected chi connectivity index (χ0v) is 21.4. The molecule has 186 valence electrons. The van der Waals surface area contributed by atoms with E-state index in [-0.39, 0.29) is 5.97 Å². The van der Waals surface area contributed by atoms with Gasteiger partial charge >= 0.3 is 5.97 Å². The van der Waals surface area contributed by atoms with Gasteiger partial charge in [0.1, 0.15) is 11.5 Å². The van der Waals surface area contributed by atoms with Crippen LogP contribution in [-0.4, -0.2) is 12.6 Å². The van der Waals surface area contributed by atoms with Crippen molar-refractivity contribution >= 4 is 5.97 Å². The lowest BCUT2D eigenvalue weighted by atomic mass is 9.78. The second kappa shape index (κ2) is 14.9. The second-order valence-corrected chi connectivity index (χ2v) is 10.0. The van der Waals surface area contributed by atoms with Crippen LogP contribution in [0.5, 0.6) is 11.5 Å². The maximum absolute atomic E-state index is 12.5. The van der Waals surface area contributed by atoms with Gasteiger partial charge in [-0.1, -0.05) is 90.2 Å². The van der Waals surface area contributed by atoms with E-state index in [1.165, 1.54) is 76.2 Å². The summed E-state index contributed by atoms with van der Waals surface area (Å²) in [6, 6.07) is 15.3. The van der Waals surface area contributed by atoms with Crippen LogP contribution in [0.2, 0.25) is 0 Å². The van der Waals surface area contributed by atoms with E-state index < -0.39 is 0 Å². The Balaban J connectivity index is 1.37. The average Bonchev–Trinajstić information content (AvgIpc) is 2.87. The first-order chi connectivity index (χ1) is 16.7. The Hall–Kier alpha value is -2.29. The third-order valence-electron chi connectivity index (χ3n) is 7.25. The van der Waals surface area contributed by atoms with Gasteiger partial charge in [-0.25, -0.2) is 4.79 Å². The molecule has 3 heteroatoms. The highest BCUT2D eigenvalue weighted by molar-refractivity contribution is 5.91. The number of unbranched alkanes of at least 4 members (excludes halogenated alkanes) is 4. The van der Waals surface area contributed by atoms with Crippen molar-refractivity contribution in [3.8, 4) is 11.5 Å². The predicted octanol–water partition coefficient (Wildman–Crippen LogP) is 8.79. The summed E-state index contributed by atoms with van der Waals surface area (Å²) in [6.45, 7) is 5.24. The summed E-state index contributed by atoms with van der Waals surface area (Å²) in [4.78, 5) is 12.5. The van der Waals surface area contributed by atoms with E-state index >= 15 is 0 Å². The fourth-order valence-electron chi connectivity index (χ4n) is 5.06. The molecule has 3 rings (SSSR count). The highest BCUT2D eigenvalue weighted by Gasteiger charge is 2.20.